The predicted molar refractivity (Wildman–Crippen MR) is 58.6 cm³/mol. The Labute approximate surface area is 83.7 Å². The Balaban J connectivity index is 2.93. The number of thioether (sulfide) groups is 1. The van der Waals surface area contributed by atoms with Crippen LogP contribution in [0.1, 0.15) is 18.1 Å². The first-order chi connectivity index (χ1) is 6.31. The number of benzene rings is 1. The molecule has 0 fully saturated rings. The Morgan fingerprint density at radius 1 is 1.23 bits per heavy atom. The van der Waals surface area contributed by atoms with Crippen molar-refractivity contribution < 1.29 is 0 Å². The molecule has 0 heterocycles. The van der Waals surface area contributed by atoms with Gasteiger partial charge in [-0.2, -0.15) is 0 Å². The summed E-state index contributed by atoms with van der Waals surface area (Å²) in [5, 5.41) is 0. The Morgan fingerprint density at radius 3 is 2.54 bits per heavy atom. The van der Waals surface area contributed by atoms with Crippen molar-refractivity contribution in [2.45, 2.75) is 24.9 Å². The van der Waals surface area contributed by atoms with Crippen molar-refractivity contribution >= 4 is 11.8 Å². The summed E-state index contributed by atoms with van der Waals surface area (Å²) in [6, 6.07) is 6.27. The summed E-state index contributed by atoms with van der Waals surface area (Å²) >= 11 is 1.82. The Kier molecular flexibility index (Phi) is 4.28. The van der Waals surface area contributed by atoms with Crippen LogP contribution in [0.15, 0.2) is 23.1 Å². The van der Waals surface area contributed by atoms with Gasteiger partial charge in [-0.3, -0.25) is 0 Å². The summed E-state index contributed by atoms with van der Waals surface area (Å²) in [5.41, 5.74) is 13.6. The van der Waals surface area contributed by atoms with Crippen LogP contribution in [0.25, 0.3) is 0 Å². The van der Waals surface area contributed by atoms with Crippen LogP contribution < -0.4 is 11.5 Å². The van der Waals surface area contributed by atoms with Crippen molar-refractivity contribution in [3.63, 3.8) is 0 Å². The van der Waals surface area contributed by atoms with Gasteiger partial charge in [-0.05, 0) is 22.9 Å². The molecule has 0 unspecified atom stereocenters. The molecule has 0 amide bonds. The molecule has 2 nitrogen and oxygen atoms in total. The van der Waals surface area contributed by atoms with E-state index in [9.17, 15) is 0 Å². The minimum absolute atomic E-state index is 0.587. The van der Waals surface area contributed by atoms with Gasteiger partial charge >= 0.3 is 0 Å². The lowest BCUT2D eigenvalue weighted by molar-refractivity contribution is 0.992. The molecule has 13 heavy (non-hydrogen) atoms. The fourth-order valence-corrected chi connectivity index (χ4v) is 2.02. The fraction of sp³-hybridized carbons (Fsp3) is 0.400. The smallest absolute Gasteiger partial charge is 0.0189 e. The van der Waals surface area contributed by atoms with E-state index in [2.05, 4.69) is 25.1 Å². The third-order valence-corrected chi connectivity index (χ3v) is 2.88. The van der Waals surface area contributed by atoms with E-state index in [4.69, 9.17) is 11.5 Å². The standard InChI is InChI=1S/C10H16N2S/c1-2-13-10-4-3-8(6-11)5-9(10)7-12/h3-5H,2,6-7,11-12H2,1H3. The van der Waals surface area contributed by atoms with Crippen LogP contribution in [0.5, 0.6) is 0 Å². The van der Waals surface area contributed by atoms with E-state index in [1.165, 1.54) is 10.5 Å². The van der Waals surface area contributed by atoms with E-state index in [0.29, 0.717) is 13.1 Å². The van der Waals surface area contributed by atoms with E-state index in [-0.39, 0.29) is 0 Å². The zero-order valence-electron chi connectivity index (χ0n) is 7.92. The first kappa shape index (κ1) is 10.6. The first-order valence-electron chi connectivity index (χ1n) is 4.46. The summed E-state index contributed by atoms with van der Waals surface area (Å²) in [4.78, 5) is 1.28. The van der Waals surface area contributed by atoms with Gasteiger partial charge in [0.2, 0.25) is 0 Å². The quantitative estimate of drug-likeness (QED) is 0.721. The molecule has 0 aliphatic rings. The highest BCUT2D eigenvalue weighted by molar-refractivity contribution is 7.99. The van der Waals surface area contributed by atoms with Gasteiger partial charge in [0, 0.05) is 18.0 Å². The molecule has 0 bridgehead atoms. The zero-order valence-corrected chi connectivity index (χ0v) is 8.73. The van der Waals surface area contributed by atoms with Crippen LogP contribution >= 0.6 is 11.8 Å². The van der Waals surface area contributed by atoms with Crippen LogP contribution in [0.2, 0.25) is 0 Å². The maximum Gasteiger partial charge on any atom is 0.0189 e. The van der Waals surface area contributed by atoms with Crippen LogP contribution in [0, 0.1) is 0 Å². The van der Waals surface area contributed by atoms with Crippen LogP contribution in [0.3, 0.4) is 0 Å². The predicted octanol–water partition coefficient (Wildman–Crippen LogP) is 1.72. The largest absolute Gasteiger partial charge is 0.326 e. The number of hydrogen-bond donors (Lipinski definition) is 2. The molecule has 1 aromatic rings. The molecular formula is C10H16N2S. The van der Waals surface area contributed by atoms with Gasteiger partial charge in [-0.1, -0.05) is 19.1 Å². The number of nitrogens with two attached hydrogens (primary N) is 2. The molecule has 0 saturated heterocycles. The molecule has 72 valence electrons. The maximum absolute atomic E-state index is 5.65. The summed E-state index contributed by atoms with van der Waals surface area (Å²) in [5.74, 6) is 1.08. The molecule has 3 heteroatoms. The van der Waals surface area contributed by atoms with E-state index in [1.807, 2.05) is 11.8 Å². The Hall–Kier alpha value is -0.510. The molecule has 0 aromatic heterocycles. The van der Waals surface area contributed by atoms with Crippen molar-refractivity contribution in [1.29, 1.82) is 0 Å². The second-order valence-electron chi connectivity index (χ2n) is 2.78. The van der Waals surface area contributed by atoms with E-state index >= 15 is 0 Å². The molecule has 0 radical (unpaired) electrons. The Morgan fingerprint density at radius 2 is 2.00 bits per heavy atom. The molecule has 4 N–H and O–H groups in total. The SMILES string of the molecule is CCSc1ccc(CN)cc1CN. The highest BCUT2D eigenvalue weighted by Crippen LogP contribution is 2.23. The van der Waals surface area contributed by atoms with Gasteiger partial charge in [-0.15, -0.1) is 11.8 Å². The molecule has 0 saturated carbocycles. The Bertz CT molecular complexity index is 274. The molecule has 1 rings (SSSR count). The van der Waals surface area contributed by atoms with Crippen molar-refractivity contribution in [3.8, 4) is 0 Å². The van der Waals surface area contributed by atoms with Crippen molar-refractivity contribution in [3.05, 3.63) is 29.3 Å². The van der Waals surface area contributed by atoms with Gasteiger partial charge in [0.15, 0.2) is 0 Å². The van der Waals surface area contributed by atoms with E-state index < -0.39 is 0 Å². The van der Waals surface area contributed by atoms with Crippen LogP contribution in [-0.2, 0) is 13.1 Å². The lowest BCUT2D eigenvalue weighted by Crippen LogP contribution is -2.02. The van der Waals surface area contributed by atoms with Gasteiger partial charge < -0.3 is 11.5 Å². The van der Waals surface area contributed by atoms with E-state index in [1.54, 1.807) is 0 Å². The van der Waals surface area contributed by atoms with Gasteiger partial charge in [0.1, 0.15) is 0 Å². The lowest BCUT2D eigenvalue weighted by Gasteiger charge is -2.07. The van der Waals surface area contributed by atoms with Gasteiger partial charge in [-0.25, -0.2) is 0 Å². The third kappa shape index (κ3) is 2.72. The highest BCUT2D eigenvalue weighted by Gasteiger charge is 2.01. The summed E-state index contributed by atoms with van der Waals surface area (Å²) < 4.78 is 0. The lowest BCUT2D eigenvalue weighted by atomic mass is 10.1. The molecular weight excluding hydrogens is 180 g/mol. The average molecular weight is 196 g/mol. The average Bonchev–Trinajstić information content (AvgIpc) is 2.19. The van der Waals surface area contributed by atoms with Crippen molar-refractivity contribution in [1.82, 2.24) is 0 Å². The minimum Gasteiger partial charge on any atom is -0.326 e. The van der Waals surface area contributed by atoms with Gasteiger partial charge in [0.05, 0.1) is 0 Å². The molecule has 0 aliphatic heterocycles. The number of hydrogen-bond acceptors (Lipinski definition) is 3. The maximum atomic E-state index is 5.65. The first-order valence-corrected chi connectivity index (χ1v) is 5.45. The molecule has 0 aliphatic carbocycles. The summed E-state index contributed by atoms with van der Waals surface area (Å²) in [6.07, 6.45) is 0. The fourth-order valence-electron chi connectivity index (χ4n) is 1.22. The third-order valence-electron chi connectivity index (χ3n) is 1.88. The van der Waals surface area contributed by atoms with Gasteiger partial charge in [0.25, 0.3) is 0 Å². The van der Waals surface area contributed by atoms with Crippen LogP contribution in [-0.4, -0.2) is 5.75 Å². The van der Waals surface area contributed by atoms with E-state index in [0.717, 1.165) is 11.3 Å². The molecule has 0 atom stereocenters. The highest BCUT2D eigenvalue weighted by atomic mass is 32.2. The zero-order chi connectivity index (χ0) is 9.68. The van der Waals surface area contributed by atoms with Crippen LogP contribution in [0.4, 0.5) is 0 Å². The van der Waals surface area contributed by atoms with Crippen molar-refractivity contribution in [2.75, 3.05) is 5.75 Å². The monoisotopic (exact) mass is 196 g/mol. The topological polar surface area (TPSA) is 52.0 Å². The minimum atomic E-state index is 0.587. The molecule has 1 aromatic carbocycles. The number of rotatable bonds is 4. The summed E-state index contributed by atoms with van der Waals surface area (Å²) in [7, 11) is 0. The van der Waals surface area contributed by atoms with Crippen molar-refractivity contribution in [2.24, 2.45) is 11.5 Å². The normalized spacial score (nSPS) is 10.4. The second kappa shape index (κ2) is 5.27. The molecule has 0 spiro atoms. The summed E-state index contributed by atoms with van der Waals surface area (Å²) in [6.45, 7) is 3.32. The second-order valence-corrected chi connectivity index (χ2v) is 4.09.